The van der Waals surface area contributed by atoms with Crippen molar-refractivity contribution in [1.29, 1.82) is 0 Å². The summed E-state index contributed by atoms with van der Waals surface area (Å²) in [5.74, 6) is 5.32. The molecule has 1 heterocycles. The second-order valence-electron chi connectivity index (χ2n) is 4.05. The number of rotatable bonds is 3. The molecule has 0 aliphatic rings. The Labute approximate surface area is 122 Å². The third-order valence-electron chi connectivity index (χ3n) is 2.66. The molecule has 21 heavy (non-hydrogen) atoms. The second-order valence-corrected chi connectivity index (χ2v) is 4.05. The first-order valence-corrected chi connectivity index (χ1v) is 6.24. The highest BCUT2D eigenvalue weighted by atomic mass is 16.5. The Hall–Kier alpha value is -2.84. The van der Waals surface area contributed by atoms with Gasteiger partial charge in [-0.2, -0.15) is 0 Å². The van der Waals surface area contributed by atoms with Crippen molar-refractivity contribution in [1.82, 2.24) is 4.98 Å². The lowest BCUT2D eigenvalue weighted by Gasteiger charge is -2.08. The predicted molar refractivity (Wildman–Crippen MR) is 79.1 cm³/mol. The van der Waals surface area contributed by atoms with Gasteiger partial charge in [0.05, 0.1) is 7.11 Å². The average molecular weight is 282 g/mol. The van der Waals surface area contributed by atoms with Gasteiger partial charge in [0.15, 0.2) is 0 Å². The summed E-state index contributed by atoms with van der Waals surface area (Å²) in [4.78, 5) is 16.1. The van der Waals surface area contributed by atoms with E-state index in [0.29, 0.717) is 11.3 Å². The summed E-state index contributed by atoms with van der Waals surface area (Å²) in [6.07, 6.45) is 1.56. The summed E-state index contributed by atoms with van der Waals surface area (Å²) < 4.78 is 5.05. The number of anilines is 1. The van der Waals surface area contributed by atoms with Crippen molar-refractivity contribution in [3.63, 3.8) is 0 Å². The number of benzene rings is 1. The van der Waals surface area contributed by atoms with Crippen molar-refractivity contribution in [2.75, 3.05) is 19.0 Å². The van der Waals surface area contributed by atoms with Gasteiger partial charge in [0.2, 0.25) is 5.88 Å². The SMILES string of the molecule is COc1ncccc1C(=O)Nc1ccc(C#CCO)cc1. The van der Waals surface area contributed by atoms with Crippen LogP contribution in [0.25, 0.3) is 0 Å². The van der Waals surface area contributed by atoms with Crippen LogP contribution >= 0.6 is 0 Å². The van der Waals surface area contributed by atoms with E-state index in [1.54, 1.807) is 42.6 Å². The van der Waals surface area contributed by atoms with Crippen LogP contribution in [0.15, 0.2) is 42.6 Å². The Bertz CT molecular complexity index is 685. The van der Waals surface area contributed by atoms with E-state index in [-0.39, 0.29) is 18.4 Å². The number of carbonyl (C=O) groups is 1. The van der Waals surface area contributed by atoms with Crippen LogP contribution in [0.5, 0.6) is 5.88 Å². The number of ether oxygens (including phenoxy) is 1. The maximum Gasteiger partial charge on any atom is 0.261 e. The number of carbonyl (C=O) groups excluding carboxylic acids is 1. The average Bonchev–Trinajstić information content (AvgIpc) is 2.54. The molecule has 0 aliphatic carbocycles. The largest absolute Gasteiger partial charge is 0.480 e. The summed E-state index contributed by atoms with van der Waals surface area (Å²) in [5, 5.41) is 11.4. The molecular formula is C16H14N2O3. The molecule has 0 aliphatic heterocycles. The van der Waals surface area contributed by atoms with E-state index in [2.05, 4.69) is 22.1 Å². The summed E-state index contributed by atoms with van der Waals surface area (Å²) in [6, 6.07) is 10.3. The summed E-state index contributed by atoms with van der Waals surface area (Å²) in [6.45, 7) is -0.181. The van der Waals surface area contributed by atoms with Crippen LogP contribution in [0.4, 0.5) is 5.69 Å². The molecule has 0 spiro atoms. The van der Waals surface area contributed by atoms with Crippen LogP contribution < -0.4 is 10.1 Å². The van der Waals surface area contributed by atoms with Crippen molar-refractivity contribution in [2.45, 2.75) is 0 Å². The molecule has 2 N–H and O–H groups in total. The molecule has 0 saturated carbocycles. The number of aliphatic hydroxyl groups excluding tert-OH is 1. The standard InChI is InChI=1S/C16H14N2O3/c1-21-16-14(5-2-10-17-16)15(20)18-13-8-6-12(7-9-13)4-3-11-19/h2,5-10,19H,11H2,1H3,(H,18,20). The lowest BCUT2D eigenvalue weighted by atomic mass is 10.2. The summed E-state index contributed by atoms with van der Waals surface area (Å²) >= 11 is 0. The minimum atomic E-state index is -0.297. The van der Waals surface area contributed by atoms with Crippen molar-refractivity contribution < 1.29 is 14.6 Å². The maximum absolute atomic E-state index is 12.2. The smallest absolute Gasteiger partial charge is 0.261 e. The molecule has 0 fully saturated rings. The van der Waals surface area contributed by atoms with Crippen LogP contribution in [0, 0.1) is 11.8 Å². The van der Waals surface area contributed by atoms with Gasteiger partial charge >= 0.3 is 0 Å². The lowest BCUT2D eigenvalue weighted by Crippen LogP contribution is -2.13. The minimum absolute atomic E-state index is 0.181. The van der Waals surface area contributed by atoms with E-state index in [9.17, 15) is 4.79 Å². The van der Waals surface area contributed by atoms with Gasteiger partial charge in [-0.3, -0.25) is 4.79 Å². The van der Waals surface area contributed by atoms with Crippen molar-refractivity contribution in [3.05, 3.63) is 53.7 Å². The summed E-state index contributed by atoms with van der Waals surface area (Å²) in [5.41, 5.74) is 1.77. The molecule has 0 radical (unpaired) electrons. The first-order valence-electron chi connectivity index (χ1n) is 6.24. The number of aliphatic hydroxyl groups is 1. The highest BCUT2D eigenvalue weighted by Crippen LogP contribution is 2.16. The number of nitrogens with zero attached hydrogens (tertiary/aromatic N) is 1. The molecule has 2 rings (SSSR count). The number of hydrogen-bond donors (Lipinski definition) is 2. The number of amides is 1. The third-order valence-corrected chi connectivity index (χ3v) is 2.66. The molecular weight excluding hydrogens is 268 g/mol. The first kappa shape index (κ1) is 14.6. The van der Waals surface area contributed by atoms with Gasteiger partial charge in [-0.25, -0.2) is 4.98 Å². The number of aromatic nitrogens is 1. The molecule has 5 heteroatoms. The van der Waals surface area contributed by atoms with Gasteiger partial charge in [0.25, 0.3) is 5.91 Å². The second kappa shape index (κ2) is 7.08. The fourth-order valence-electron chi connectivity index (χ4n) is 1.70. The van der Waals surface area contributed by atoms with Gasteiger partial charge in [0, 0.05) is 17.4 Å². The zero-order valence-corrected chi connectivity index (χ0v) is 11.5. The van der Waals surface area contributed by atoms with E-state index in [1.807, 2.05) is 0 Å². The van der Waals surface area contributed by atoms with E-state index >= 15 is 0 Å². The Morgan fingerprint density at radius 3 is 2.76 bits per heavy atom. The number of nitrogens with one attached hydrogen (secondary N) is 1. The van der Waals surface area contributed by atoms with Crippen molar-refractivity contribution in [2.24, 2.45) is 0 Å². The predicted octanol–water partition coefficient (Wildman–Crippen LogP) is 1.69. The molecule has 1 amide bonds. The van der Waals surface area contributed by atoms with Crippen LogP contribution in [-0.4, -0.2) is 29.7 Å². The Kier molecular flexibility index (Phi) is 4.91. The molecule has 5 nitrogen and oxygen atoms in total. The topological polar surface area (TPSA) is 71.5 Å². The molecule has 0 saturated heterocycles. The molecule has 0 unspecified atom stereocenters. The molecule has 1 aromatic heterocycles. The fraction of sp³-hybridized carbons (Fsp3) is 0.125. The van der Waals surface area contributed by atoms with Crippen LogP contribution in [0.2, 0.25) is 0 Å². The zero-order chi connectivity index (χ0) is 15.1. The fourth-order valence-corrected chi connectivity index (χ4v) is 1.70. The van der Waals surface area contributed by atoms with E-state index < -0.39 is 0 Å². The monoisotopic (exact) mass is 282 g/mol. The van der Waals surface area contributed by atoms with E-state index in [4.69, 9.17) is 9.84 Å². The van der Waals surface area contributed by atoms with Crippen LogP contribution in [0.1, 0.15) is 15.9 Å². The van der Waals surface area contributed by atoms with Gasteiger partial charge in [-0.05, 0) is 36.4 Å². The first-order chi connectivity index (χ1) is 10.2. The molecule has 1 aromatic carbocycles. The minimum Gasteiger partial charge on any atom is -0.480 e. The highest BCUT2D eigenvalue weighted by molar-refractivity contribution is 6.05. The van der Waals surface area contributed by atoms with E-state index in [1.165, 1.54) is 7.11 Å². The van der Waals surface area contributed by atoms with Gasteiger partial charge in [-0.1, -0.05) is 11.8 Å². The van der Waals surface area contributed by atoms with Crippen LogP contribution in [0.3, 0.4) is 0 Å². The molecule has 0 bridgehead atoms. The number of hydrogen-bond acceptors (Lipinski definition) is 4. The molecule has 106 valence electrons. The van der Waals surface area contributed by atoms with Crippen LogP contribution in [-0.2, 0) is 0 Å². The summed E-state index contributed by atoms with van der Waals surface area (Å²) in [7, 11) is 1.47. The zero-order valence-electron chi connectivity index (χ0n) is 11.5. The van der Waals surface area contributed by atoms with Gasteiger partial charge in [0.1, 0.15) is 12.2 Å². The quantitative estimate of drug-likeness (QED) is 0.840. The lowest BCUT2D eigenvalue weighted by molar-refractivity contribution is 0.102. The normalized spacial score (nSPS) is 9.43. The Morgan fingerprint density at radius 2 is 2.10 bits per heavy atom. The van der Waals surface area contributed by atoms with Crippen molar-refractivity contribution >= 4 is 11.6 Å². The highest BCUT2D eigenvalue weighted by Gasteiger charge is 2.12. The molecule has 0 atom stereocenters. The Balaban J connectivity index is 2.12. The maximum atomic E-state index is 12.2. The van der Waals surface area contributed by atoms with Gasteiger partial charge < -0.3 is 15.2 Å². The number of pyridine rings is 1. The van der Waals surface area contributed by atoms with Crippen molar-refractivity contribution in [3.8, 4) is 17.7 Å². The molecule has 2 aromatic rings. The van der Waals surface area contributed by atoms with E-state index in [0.717, 1.165) is 5.56 Å². The third kappa shape index (κ3) is 3.81. The number of methoxy groups -OCH3 is 1. The Morgan fingerprint density at radius 1 is 1.33 bits per heavy atom. The van der Waals surface area contributed by atoms with Gasteiger partial charge in [-0.15, -0.1) is 0 Å².